The van der Waals surface area contributed by atoms with Gasteiger partial charge in [0.2, 0.25) is 0 Å². The molecule has 1 N–H and O–H groups in total. The van der Waals surface area contributed by atoms with Gasteiger partial charge in [0.25, 0.3) is 5.91 Å². The number of aryl methyl sites for hydroxylation is 1. The molecule has 21 heavy (non-hydrogen) atoms. The second kappa shape index (κ2) is 5.81. The molecule has 0 spiro atoms. The number of thiophene rings is 1. The van der Waals surface area contributed by atoms with E-state index in [9.17, 15) is 4.79 Å². The maximum Gasteiger partial charge on any atom is 0.267 e. The number of amides is 1. The lowest BCUT2D eigenvalue weighted by Gasteiger charge is -2.05. The van der Waals surface area contributed by atoms with E-state index in [1.165, 1.54) is 11.3 Å². The summed E-state index contributed by atoms with van der Waals surface area (Å²) in [5.74, 6) is 1.40. The Morgan fingerprint density at radius 2 is 2.33 bits per heavy atom. The topological polar surface area (TPSA) is 59.3 Å². The van der Waals surface area contributed by atoms with Crippen molar-refractivity contribution < 1.29 is 4.79 Å². The molecule has 2 aromatic heterocycles. The summed E-state index contributed by atoms with van der Waals surface area (Å²) in [5, 5.41) is 9.25. The van der Waals surface area contributed by atoms with E-state index in [1.807, 2.05) is 17.7 Å². The second-order valence-corrected chi connectivity index (χ2v) is 7.59. The lowest BCUT2D eigenvalue weighted by Crippen LogP contribution is -2.26. The SMILES string of the molecule is Cc1nn(CC(C)C)c2sc(C(=O)NC3=NCCS3)cc12. The molecule has 0 saturated carbocycles. The number of thioether (sulfide) groups is 1. The van der Waals surface area contributed by atoms with Crippen LogP contribution in [-0.4, -0.2) is 33.2 Å². The zero-order valence-electron chi connectivity index (χ0n) is 12.3. The van der Waals surface area contributed by atoms with E-state index in [0.29, 0.717) is 5.92 Å². The van der Waals surface area contributed by atoms with Crippen LogP contribution in [0.3, 0.4) is 0 Å². The number of amidine groups is 1. The van der Waals surface area contributed by atoms with E-state index in [4.69, 9.17) is 0 Å². The summed E-state index contributed by atoms with van der Waals surface area (Å²) in [5.41, 5.74) is 0.980. The second-order valence-electron chi connectivity index (χ2n) is 5.48. The van der Waals surface area contributed by atoms with Crippen LogP contribution < -0.4 is 5.32 Å². The van der Waals surface area contributed by atoms with Crippen LogP contribution >= 0.6 is 23.1 Å². The molecule has 0 unspecified atom stereocenters. The number of hydrogen-bond donors (Lipinski definition) is 1. The van der Waals surface area contributed by atoms with Crippen molar-refractivity contribution in [2.24, 2.45) is 10.9 Å². The largest absolute Gasteiger partial charge is 0.301 e. The number of aliphatic imine (C=N–C) groups is 1. The summed E-state index contributed by atoms with van der Waals surface area (Å²) in [6.45, 7) is 7.98. The van der Waals surface area contributed by atoms with E-state index in [2.05, 4.69) is 29.3 Å². The minimum atomic E-state index is -0.0696. The monoisotopic (exact) mass is 322 g/mol. The summed E-state index contributed by atoms with van der Waals surface area (Å²) in [6.07, 6.45) is 0. The molecule has 2 aromatic rings. The molecule has 0 bridgehead atoms. The van der Waals surface area contributed by atoms with Gasteiger partial charge in [-0.15, -0.1) is 11.3 Å². The van der Waals surface area contributed by atoms with Gasteiger partial charge in [-0.3, -0.25) is 14.5 Å². The van der Waals surface area contributed by atoms with Crippen LogP contribution in [0.1, 0.15) is 29.2 Å². The summed E-state index contributed by atoms with van der Waals surface area (Å²) >= 11 is 3.10. The van der Waals surface area contributed by atoms with Gasteiger partial charge in [0.15, 0.2) is 5.17 Å². The minimum absolute atomic E-state index is 0.0696. The molecule has 5 nitrogen and oxygen atoms in total. The molecule has 0 aromatic carbocycles. The Hall–Kier alpha value is -1.34. The first-order chi connectivity index (χ1) is 10.0. The molecule has 1 amide bonds. The number of carbonyl (C=O) groups excluding carboxylic acids is 1. The number of hydrogen-bond acceptors (Lipinski definition) is 5. The van der Waals surface area contributed by atoms with Crippen molar-refractivity contribution in [1.82, 2.24) is 15.1 Å². The number of carbonyl (C=O) groups is 1. The minimum Gasteiger partial charge on any atom is -0.301 e. The first kappa shape index (κ1) is 14.6. The highest BCUT2D eigenvalue weighted by Crippen LogP contribution is 2.29. The first-order valence-corrected chi connectivity index (χ1v) is 8.80. The third-order valence-corrected chi connectivity index (χ3v) is 5.21. The van der Waals surface area contributed by atoms with E-state index in [-0.39, 0.29) is 5.91 Å². The first-order valence-electron chi connectivity index (χ1n) is 7.00. The Bertz CT molecular complexity index is 714. The molecule has 0 fully saturated rings. The maximum atomic E-state index is 12.3. The maximum absolute atomic E-state index is 12.3. The summed E-state index contributed by atoms with van der Waals surface area (Å²) in [6, 6.07) is 1.94. The van der Waals surface area contributed by atoms with Crippen LogP contribution in [0.25, 0.3) is 10.2 Å². The van der Waals surface area contributed by atoms with Gasteiger partial charge in [-0.2, -0.15) is 5.10 Å². The summed E-state index contributed by atoms with van der Waals surface area (Å²) in [7, 11) is 0. The van der Waals surface area contributed by atoms with Gasteiger partial charge >= 0.3 is 0 Å². The number of rotatable bonds is 3. The fourth-order valence-electron chi connectivity index (χ4n) is 2.26. The zero-order chi connectivity index (χ0) is 15.0. The van der Waals surface area contributed by atoms with Crippen molar-refractivity contribution in [3.05, 3.63) is 16.6 Å². The lowest BCUT2D eigenvalue weighted by molar-refractivity contribution is 0.0982. The van der Waals surface area contributed by atoms with Crippen molar-refractivity contribution in [1.29, 1.82) is 0 Å². The Morgan fingerprint density at radius 3 is 3.00 bits per heavy atom. The van der Waals surface area contributed by atoms with Gasteiger partial charge in [0.05, 0.1) is 17.1 Å². The number of fused-ring (bicyclic) bond motifs is 1. The van der Waals surface area contributed by atoms with Crippen LogP contribution in [0.2, 0.25) is 0 Å². The number of nitrogens with one attached hydrogen (secondary N) is 1. The third-order valence-electron chi connectivity index (χ3n) is 3.18. The molecule has 1 aliphatic heterocycles. The Labute approximate surface area is 131 Å². The molecule has 0 atom stereocenters. The van der Waals surface area contributed by atoms with Crippen molar-refractivity contribution in [2.45, 2.75) is 27.3 Å². The van der Waals surface area contributed by atoms with Crippen molar-refractivity contribution in [3.63, 3.8) is 0 Å². The molecule has 7 heteroatoms. The predicted octanol–water partition coefficient (Wildman–Crippen LogP) is 2.89. The molecule has 0 saturated heterocycles. The van der Waals surface area contributed by atoms with Gasteiger partial charge in [-0.05, 0) is 18.9 Å². The molecule has 3 heterocycles. The van der Waals surface area contributed by atoms with Gasteiger partial charge in [-0.25, -0.2) is 0 Å². The van der Waals surface area contributed by atoms with Gasteiger partial charge in [-0.1, -0.05) is 25.6 Å². The fourth-order valence-corrected chi connectivity index (χ4v) is 4.05. The number of nitrogens with zero attached hydrogens (tertiary/aromatic N) is 3. The van der Waals surface area contributed by atoms with E-state index in [1.54, 1.807) is 11.8 Å². The molecule has 3 rings (SSSR count). The van der Waals surface area contributed by atoms with Crippen molar-refractivity contribution in [2.75, 3.05) is 12.3 Å². The highest BCUT2D eigenvalue weighted by atomic mass is 32.2. The molecule has 0 radical (unpaired) electrons. The zero-order valence-corrected chi connectivity index (χ0v) is 14.0. The smallest absolute Gasteiger partial charge is 0.267 e. The van der Waals surface area contributed by atoms with Gasteiger partial charge in [0.1, 0.15) is 4.83 Å². The van der Waals surface area contributed by atoms with Gasteiger partial charge in [0, 0.05) is 17.7 Å². The Balaban J connectivity index is 1.88. The van der Waals surface area contributed by atoms with Gasteiger partial charge < -0.3 is 5.32 Å². The van der Waals surface area contributed by atoms with E-state index in [0.717, 1.165) is 44.8 Å². The number of aromatic nitrogens is 2. The van der Waals surface area contributed by atoms with E-state index >= 15 is 0 Å². The average Bonchev–Trinajstić information content (AvgIpc) is 3.09. The average molecular weight is 322 g/mol. The molecule has 1 aliphatic rings. The van der Waals surface area contributed by atoms with Crippen LogP contribution in [0.4, 0.5) is 0 Å². The highest BCUT2D eigenvalue weighted by Gasteiger charge is 2.18. The fraction of sp³-hybridized carbons (Fsp3) is 0.500. The molecular formula is C14H18N4OS2. The third kappa shape index (κ3) is 2.98. The normalized spacial score (nSPS) is 15.0. The van der Waals surface area contributed by atoms with E-state index < -0.39 is 0 Å². The van der Waals surface area contributed by atoms with Crippen molar-refractivity contribution in [3.8, 4) is 0 Å². The lowest BCUT2D eigenvalue weighted by atomic mass is 10.2. The Morgan fingerprint density at radius 1 is 1.52 bits per heavy atom. The van der Waals surface area contributed by atoms with Crippen molar-refractivity contribution >= 4 is 44.4 Å². The molecular weight excluding hydrogens is 304 g/mol. The van der Waals surface area contributed by atoms with Crippen LogP contribution in [0, 0.1) is 12.8 Å². The van der Waals surface area contributed by atoms with Crippen LogP contribution in [0.15, 0.2) is 11.1 Å². The quantitative estimate of drug-likeness (QED) is 0.945. The Kier molecular flexibility index (Phi) is 4.03. The molecule has 0 aliphatic carbocycles. The highest BCUT2D eigenvalue weighted by molar-refractivity contribution is 8.14. The summed E-state index contributed by atoms with van der Waals surface area (Å²) < 4.78 is 2.01. The predicted molar refractivity (Wildman–Crippen MR) is 89.4 cm³/mol. The van der Waals surface area contributed by atoms with Crippen LogP contribution in [-0.2, 0) is 6.54 Å². The molecule has 112 valence electrons. The van der Waals surface area contributed by atoms with Crippen LogP contribution in [0.5, 0.6) is 0 Å². The summed E-state index contributed by atoms with van der Waals surface area (Å²) in [4.78, 5) is 18.3. The standard InChI is InChI=1S/C14H18N4OS2/c1-8(2)7-18-13-10(9(3)17-18)6-11(21-13)12(19)16-14-15-4-5-20-14/h6,8H,4-5,7H2,1-3H3,(H,15,16,19).